The quantitative estimate of drug-likeness (QED) is 0.514. The van der Waals surface area contributed by atoms with E-state index in [4.69, 9.17) is 0 Å². The average Bonchev–Trinajstić information content (AvgIpc) is 3.39. The molecule has 5 rings (SSSR count). The van der Waals surface area contributed by atoms with E-state index < -0.39 is 5.82 Å². The number of aryl methyl sites for hydroxylation is 2. The van der Waals surface area contributed by atoms with E-state index in [1.165, 1.54) is 6.07 Å². The molecule has 32 heavy (non-hydrogen) atoms. The lowest BCUT2D eigenvalue weighted by atomic mass is 10.1. The van der Waals surface area contributed by atoms with Gasteiger partial charge in [-0.15, -0.1) is 0 Å². The van der Waals surface area contributed by atoms with Crippen LogP contribution >= 0.6 is 0 Å². The largest absolute Gasteiger partial charge is 0.369 e. The molecule has 1 aliphatic rings. The van der Waals surface area contributed by atoms with Crippen molar-refractivity contribution in [1.82, 2.24) is 24.7 Å². The Balaban J connectivity index is 1.52. The van der Waals surface area contributed by atoms with Crippen LogP contribution in [0.3, 0.4) is 0 Å². The molecular formula is C23H24FN7O. The monoisotopic (exact) mass is 433 g/mol. The second kappa shape index (κ2) is 7.83. The van der Waals surface area contributed by atoms with Crippen LogP contribution in [0.5, 0.6) is 0 Å². The number of nitrogens with one attached hydrogen (secondary N) is 2. The second-order valence-electron chi connectivity index (χ2n) is 8.18. The van der Waals surface area contributed by atoms with Crippen molar-refractivity contribution in [1.29, 1.82) is 0 Å². The zero-order chi connectivity index (χ0) is 22.4. The van der Waals surface area contributed by atoms with Crippen LogP contribution in [-0.4, -0.2) is 51.4 Å². The van der Waals surface area contributed by atoms with Crippen LogP contribution < -0.4 is 15.5 Å². The first-order chi connectivity index (χ1) is 15.4. The number of hydrogen-bond acceptors (Lipinski definition) is 6. The number of anilines is 2. The number of likely N-dealkylation sites (N-methyl/N-ethyl adjacent to an activating group) is 1. The summed E-state index contributed by atoms with van der Waals surface area (Å²) in [5, 5.41) is 6.95. The van der Waals surface area contributed by atoms with Crippen LogP contribution in [0.25, 0.3) is 16.6 Å². The Hall–Kier alpha value is -3.59. The first-order valence-electron chi connectivity index (χ1n) is 10.6. The zero-order valence-electron chi connectivity index (χ0n) is 18.2. The minimum Gasteiger partial charge on any atom is -0.369 e. The third kappa shape index (κ3) is 3.54. The maximum Gasteiger partial charge on any atom is 0.257 e. The lowest BCUT2D eigenvalue weighted by Crippen LogP contribution is -2.29. The van der Waals surface area contributed by atoms with E-state index in [1.54, 1.807) is 42.9 Å². The Bertz CT molecular complexity index is 1350. The first kappa shape index (κ1) is 20.3. The number of nitrogens with zero attached hydrogens (tertiary/aromatic N) is 5. The predicted octanol–water partition coefficient (Wildman–Crippen LogP) is 3.08. The fraction of sp³-hybridized carbons (Fsp3) is 0.304. The molecule has 0 unspecified atom stereocenters. The van der Waals surface area contributed by atoms with Gasteiger partial charge in [0.25, 0.3) is 5.91 Å². The number of rotatable bonds is 4. The highest BCUT2D eigenvalue weighted by Gasteiger charge is 2.24. The van der Waals surface area contributed by atoms with Crippen molar-refractivity contribution in [3.63, 3.8) is 0 Å². The number of carbonyl (C=O) groups excluding carboxylic acids is 1. The molecule has 4 aromatic rings. The van der Waals surface area contributed by atoms with Gasteiger partial charge in [0.05, 0.1) is 22.5 Å². The molecule has 1 atom stereocenters. The molecule has 0 aliphatic carbocycles. The summed E-state index contributed by atoms with van der Waals surface area (Å²) < 4.78 is 16.0. The normalized spacial score (nSPS) is 16.2. The van der Waals surface area contributed by atoms with Crippen LogP contribution in [0.15, 0.2) is 36.8 Å². The molecule has 4 heterocycles. The first-order valence-corrected chi connectivity index (χ1v) is 10.6. The van der Waals surface area contributed by atoms with E-state index in [9.17, 15) is 9.18 Å². The van der Waals surface area contributed by atoms with Crippen molar-refractivity contribution in [3.05, 3.63) is 59.7 Å². The van der Waals surface area contributed by atoms with Gasteiger partial charge in [0, 0.05) is 54.9 Å². The third-order valence-electron chi connectivity index (χ3n) is 5.91. The highest BCUT2D eigenvalue weighted by molar-refractivity contribution is 6.13. The second-order valence-corrected chi connectivity index (χ2v) is 8.18. The molecule has 1 aliphatic heterocycles. The number of hydrogen-bond donors (Lipinski definition) is 2. The number of benzene rings is 1. The Morgan fingerprint density at radius 1 is 1.22 bits per heavy atom. The Morgan fingerprint density at radius 3 is 2.84 bits per heavy atom. The van der Waals surface area contributed by atoms with E-state index in [1.807, 2.05) is 13.1 Å². The van der Waals surface area contributed by atoms with Gasteiger partial charge in [-0.2, -0.15) is 0 Å². The number of fused-ring (bicyclic) bond motifs is 2. The fourth-order valence-electron chi connectivity index (χ4n) is 4.31. The fourth-order valence-corrected chi connectivity index (χ4v) is 4.31. The zero-order valence-corrected chi connectivity index (χ0v) is 18.2. The van der Waals surface area contributed by atoms with Crippen LogP contribution in [-0.2, 0) is 0 Å². The molecule has 8 nitrogen and oxygen atoms in total. The number of aromatic nitrogens is 4. The van der Waals surface area contributed by atoms with Gasteiger partial charge < -0.3 is 19.9 Å². The Kier molecular flexibility index (Phi) is 4.97. The molecule has 0 spiro atoms. The lowest BCUT2D eigenvalue weighted by Gasteiger charge is -2.21. The van der Waals surface area contributed by atoms with Gasteiger partial charge in [-0.25, -0.2) is 19.3 Å². The van der Waals surface area contributed by atoms with Crippen LogP contribution in [0.1, 0.15) is 28.3 Å². The van der Waals surface area contributed by atoms with Gasteiger partial charge in [-0.05, 0) is 39.4 Å². The molecule has 1 aromatic carbocycles. The number of imidazole rings is 1. The van der Waals surface area contributed by atoms with Gasteiger partial charge >= 0.3 is 0 Å². The van der Waals surface area contributed by atoms with Crippen molar-refractivity contribution in [2.24, 2.45) is 0 Å². The minimum atomic E-state index is -0.498. The standard InChI is InChI=1S/C23H24FN7O/c1-13-10-31-12-16(8-19(24)22(31)27-13)29-23(32)17-4-5-20(30-7-6-15(11-30)25-3)18-9-26-14(2)28-21(17)18/h4-5,8-10,12,15,25H,6-7,11H2,1-3H3,(H,29,32)/t15-/m1/s1. The van der Waals surface area contributed by atoms with Crippen LogP contribution in [0, 0.1) is 19.7 Å². The van der Waals surface area contributed by atoms with Gasteiger partial charge in [-0.1, -0.05) is 0 Å². The molecule has 9 heteroatoms. The predicted molar refractivity (Wildman–Crippen MR) is 122 cm³/mol. The number of carbonyl (C=O) groups is 1. The molecule has 1 amide bonds. The highest BCUT2D eigenvalue weighted by Crippen LogP contribution is 2.31. The number of halogens is 1. The summed E-state index contributed by atoms with van der Waals surface area (Å²) >= 11 is 0. The minimum absolute atomic E-state index is 0.226. The molecular weight excluding hydrogens is 409 g/mol. The maximum absolute atomic E-state index is 14.4. The molecule has 1 fully saturated rings. The molecule has 1 saturated heterocycles. The SMILES string of the molecule is CN[C@@H]1CCN(c2ccc(C(=O)Nc3cc(F)c4nc(C)cn4c3)c3nc(C)ncc23)C1. The average molecular weight is 433 g/mol. The molecule has 0 bridgehead atoms. The van der Waals surface area contributed by atoms with Crippen molar-refractivity contribution in [3.8, 4) is 0 Å². The molecule has 2 N–H and O–H groups in total. The van der Waals surface area contributed by atoms with E-state index >= 15 is 0 Å². The van der Waals surface area contributed by atoms with Crippen molar-refractivity contribution in [2.45, 2.75) is 26.3 Å². The summed E-state index contributed by atoms with van der Waals surface area (Å²) in [5.74, 6) is -0.272. The molecule has 0 radical (unpaired) electrons. The smallest absolute Gasteiger partial charge is 0.257 e. The van der Waals surface area contributed by atoms with Gasteiger partial charge in [0.15, 0.2) is 11.5 Å². The Morgan fingerprint density at radius 2 is 2.06 bits per heavy atom. The maximum atomic E-state index is 14.4. The Labute approximate surface area is 184 Å². The molecule has 0 saturated carbocycles. The summed E-state index contributed by atoms with van der Waals surface area (Å²) in [7, 11) is 1.97. The topological polar surface area (TPSA) is 87.5 Å². The van der Waals surface area contributed by atoms with E-state index in [-0.39, 0.29) is 11.6 Å². The lowest BCUT2D eigenvalue weighted by molar-refractivity contribution is 0.102. The van der Waals surface area contributed by atoms with Crippen molar-refractivity contribution in [2.75, 3.05) is 30.4 Å². The summed E-state index contributed by atoms with van der Waals surface area (Å²) in [4.78, 5) is 28.6. The molecule has 164 valence electrons. The summed E-state index contributed by atoms with van der Waals surface area (Å²) in [6.45, 7) is 5.39. The van der Waals surface area contributed by atoms with Crippen molar-refractivity contribution >= 4 is 33.8 Å². The van der Waals surface area contributed by atoms with Gasteiger partial charge in [-0.3, -0.25) is 4.79 Å². The molecule has 3 aromatic heterocycles. The summed E-state index contributed by atoms with van der Waals surface area (Å²) in [6.07, 6.45) is 6.18. The van der Waals surface area contributed by atoms with Crippen molar-refractivity contribution < 1.29 is 9.18 Å². The summed E-state index contributed by atoms with van der Waals surface area (Å²) in [5.41, 5.74) is 3.28. The summed E-state index contributed by atoms with van der Waals surface area (Å²) in [6, 6.07) is 5.42. The van der Waals surface area contributed by atoms with E-state index in [2.05, 4.69) is 30.5 Å². The third-order valence-corrected chi connectivity index (χ3v) is 5.91. The van der Waals surface area contributed by atoms with Gasteiger partial charge in [0.2, 0.25) is 0 Å². The highest BCUT2D eigenvalue weighted by atomic mass is 19.1. The van der Waals surface area contributed by atoms with Crippen LogP contribution in [0.2, 0.25) is 0 Å². The van der Waals surface area contributed by atoms with E-state index in [0.717, 1.165) is 30.6 Å². The number of amides is 1. The van der Waals surface area contributed by atoms with Crippen LogP contribution in [0.4, 0.5) is 15.8 Å². The van der Waals surface area contributed by atoms with E-state index in [0.29, 0.717) is 34.3 Å². The van der Waals surface area contributed by atoms with Gasteiger partial charge in [0.1, 0.15) is 5.82 Å². The number of pyridine rings is 1.